The van der Waals surface area contributed by atoms with Gasteiger partial charge in [-0.15, -0.1) is 11.3 Å². The fourth-order valence-electron chi connectivity index (χ4n) is 2.56. The summed E-state index contributed by atoms with van der Waals surface area (Å²) in [5, 5.41) is 2.47. The number of carbonyl (C=O) groups is 1. The number of rotatable bonds is 5. The number of thiophene rings is 1. The number of ketones is 1. The minimum atomic E-state index is -0.0285. The van der Waals surface area contributed by atoms with Crippen molar-refractivity contribution in [1.29, 1.82) is 0 Å². The molecule has 24 heavy (non-hydrogen) atoms. The first-order chi connectivity index (χ1) is 11.5. The van der Waals surface area contributed by atoms with Gasteiger partial charge >= 0.3 is 0 Å². The van der Waals surface area contributed by atoms with Crippen LogP contribution in [0.1, 0.15) is 28.4 Å². The first-order valence-corrected chi connectivity index (χ1v) is 9.59. The van der Waals surface area contributed by atoms with Gasteiger partial charge in [0, 0.05) is 12.1 Å². The molecular weight excluding hydrogens is 340 g/mol. The van der Waals surface area contributed by atoms with E-state index in [1.165, 1.54) is 23.1 Å². The third-order valence-electron chi connectivity index (χ3n) is 3.87. The molecule has 3 rings (SSSR count). The van der Waals surface area contributed by atoms with E-state index in [-0.39, 0.29) is 17.1 Å². The monoisotopic (exact) mass is 358 g/mol. The van der Waals surface area contributed by atoms with Gasteiger partial charge in [0.25, 0.3) is 5.56 Å². The van der Waals surface area contributed by atoms with Crippen molar-refractivity contribution in [2.45, 2.75) is 32.5 Å². The van der Waals surface area contributed by atoms with Crippen LogP contribution in [0, 0.1) is 13.8 Å². The molecule has 0 saturated heterocycles. The van der Waals surface area contributed by atoms with E-state index in [0.29, 0.717) is 21.9 Å². The molecule has 0 radical (unpaired) electrons. The number of aromatic nitrogens is 2. The van der Waals surface area contributed by atoms with Gasteiger partial charge in [0.1, 0.15) is 4.70 Å². The number of benzene rings is 1. The molecule has 2 heterocycles. The number of nitrogens with zero attached hydrogens (tertiary/aromatic N) is 2. The zero-order valence-electron chi connectivity index (χ0n) is 13.8. The fraction of sp³-hybridized carbons (Fsp3) is 0.278. The molecule has 1 aromatic carbocycles. The summed E-state index contributed by atoms with van der Waals surface area (Å²) < 4.78 is 2.31. The number of fused-ring (bicyclic) bond motifs is 1. The van der Waals surface area contributed by atoms with Crippen molar-refractivity contribution < 1.29 is 4.79 Å². The zero-order chi connectivity index (χ0) is 17.3. The first-order valence-electron chi connectivity index (χ1n) is 7.72. The van der Waals surface area contributed by atoms with Crippen LogP contribution in [0.4, 0.5) is 0 Å². The molecule has 0 spiro atoms. The molecule has 2 aromatic heterocycles. The van der Waals surface area contributed by atoms with E-state index in [4.69, 9.17) is 0 Å². The number of hydrogen-bond donors (Lipinski definition) is 0. The molecule has 0 unspecified atom stereocenters. The van der Waals surface area contributed by atoms with Crippen molar-refractivity contribution in [3.05, 3.63) is 56.7 Å². The second kappa shape index (κ2) is 6.91. The third-order valence-corrected chi connectivity index (χ3v) is 5.74. The van der Waals surface area contributed by atoms with Crippen LogP contribution >= 0.6 is 23.1 Å². The normalized spacial score (nSPS) is 11.1. The molecule has 3 aromatic rings. The van der Waals surface area contributed by atoms with Crippen molar-refractivity contribution in [1.82, 2.24) is 9.55 Å². The van der Waals surface area contributed by atoms with Gasteiger partial charge in [-0.1, -0.05) is 29.5 Å². The van der Waals surface area contributed by atoms with Gasteiger partial charge in [-0.05, 0) is 43.8 Å². The summed E-state index contributed by atoms with van der Waals surface area (Å²) in [6.45, 7) is 6.37. The van der Waals surface area contributed by atoms with Crippen molar-refractivity contribution in [3.8, 4) is 0 Å². The lowest BCUT2D eigenvalue weighted by atomic mass is 10.0. The summed E-state index contributed by atoms with van der Waals surface area (Å²) in [5.74, 6) is 0.329. The third kappa shape index (κ3) is 3.16. The standard InChI is InChI=1S/C18H18N2O2S2/c1-4-20-17(22)16-14(7-8-23-16)19-18(20)24-10-15(21)13-9-11(2)5-6-12(13)3/h5-9H,4,10H2,1-3H3. The Balaban J connectivity index is 1.89. The predicted molar refractivity (Wildman–Crippen MR) is 101 cm³/mol. The molecule has 0 fully saturated rings. The highest BCUT2D eigenvalue weighted by Crippen LogP contribution is 2.22. The van der Waals surface area contributed by atoms with Crippen molar-refractivity contribution >= 4 is 39.1 Å². The van der Waals surface area contributed by atoms with Crippen LogP contribution in [0.25, 0.3) is 10.2 Å². The Morgan fingerprint density at radius 1 is 1.29 bits per heavy atom. The van der Waals surface area contributed by atoms with Gasteiger partial charge in [-0.2, -0.15) is 0 Å². The van der Waals surface area contributed by atoms with E-state index in [2.05, 4.69) is 4.98 Å². The van der Waals surface area contributed by atoms with Crippen LogP contribution in [0.3, 0.4) is 0 Å². The summed E-state index contributed by atoms with van der Waals surface area (Å²) in [6, 6.07) is 7.73. The van der Waals surface area contributed by atoms with E-state index in [0.717, 1.165) is 16.7 Å². The molecule has 0 amide bonds. The molecule has 124 valence electrons. The summed E-state index contributed by atoms with van der Waals surface area (Å²) in [7, 11) is 0. The Hall–Kier alpha value is -1.92. The highest BCUT2D eigenvalue weighted by atomic mass is 32.2. The molecule has 4 nitrogen and oxygen atoms in total. The topological polar surface area (TPSA) is 52.0 Å². The summed E-state index contributed by atoms with van der Waals surface area (Å²) in [6.07, 6.45) is 0. The van der Waals surface area contributed by atoms with Crippen LogP contribution in [-0.4, -0.2) is 21.1 Å². The number of hydrogen-bond acceptors (Lipinski definition) is 5. The van der Waals surface area contributed by atoms with Crippen LogP contribution in [0.5, 0.6) is 0 Å². The van der Waals surface area contributed by atoms with Gasteiger partial charge in [0.2, 0.25) is 0 Å². The smallest absolute Gasteiger partial charge is 0.272 e. The Bertz CT molecular complexity index is 973. The largest absolute Gasteiger partial charge is 0.293 e. The molecule has 0 atom stereocenters. The minimum absolute atomic E-state index is 0.0285. The quantitative estimate of drug-likeness (QED) is 0.392. The fourth-order valence-corrected chi connectivity index (χ4v) is 4.28. The van der Waals surface area contributed by atoms with Gasteiger partial charge < -0.3 is 0 Å². The maximum atomic E-state index is 12.6. The number of thioether (sulfide) groups is 1. The van der Waals surface area contributed by atoms with E-state index in [1.807, 2.05) is 50.4 Å². The lowest BCUT2D eigenvalue weighted by Gasteiger charge is -2.10. The highest BCUT2D eigenvalue weighted by Gasteiger charge is 2.15. The summed E-state index contributed by atoms with van der Waals surface area (Å²) in [4.78, 5) is 29.6. The summed E-state index contributed by atoms with van der Waals surface area (Å²) in [5.41, 5.74) is 3.46. The molecular formula is C18H18N2O2S2. The maximum absolute atomic E-state index is 12.6. The first kappa shape index (κ1) is 16.9. The average molecular weight is 358 g/mol. The maximum Gasteiger partial charge on any atom is 0.272 e. The molecule has 0 N–H and O–H groups in total. The van der Waals surface area contributed by atoms with Crippen LogP contribution in [0.15, 0.2) is 39.6 Å². The van der Waals surface area contributed by atoms with Crippen LogP contribution < -0.4 is 5.56 Å². The molecule has 0 saturated carbocycles. The number of Topliss-reactive ketones (excluding diaryl/α,β-unsaturated/α-hetero) is 1. The van der Waals surface area contributed by atoms with E-state index in [1.54, 1.807) is 4.57 Å². The molecule has 0 bridgehead atoms. The van der Waals surface area contributed by atoms with Crippen LogP contribution in [-0.2, 0) is 6.54 Å². The van der Waals surface area contributed by atoms with Crippen molar-refractivity contribution in [3.63, 3.8) is 0 Å². The highest BCUT2D eigenvalue weighted by molar-refractivity contribution is 7.99. The minimum Gasteiger partial charge on any atom is -0.293 e. The Kier molecular flexibility index (Phi) is 4.87. The molecule has 0 aliphatic rings. The lowest BCUT2D eigenvalue weighted by Crippen LogP contribution is -2.22. The Morgan fingerprint density at radius 2 is 2.08 bits per heavy atom. The zero-order valence-corrected chi connectivity index (χ0v) is 15.5. The van der Waals surface area contributed by atoms with Gasteiger partial charge in [0.15, 0.2) is 10.9 Å². The van der Waals surface area contributed by atoms with Crippen molar-refractivity contribution in [2.24, 2.45) is 0 Å². The predicted octanol–water partition coefficient (Wildman–Crippen LogP) is 4.07. The Labute approximate surface area is 148 Å². The van der Waals surface area contributed by atoms with Gasteiger partial charge in [-0.25, -0.2) is 4.98 Å². The molecule has 6 heteroatoms. The number of aryl methyl sites for hydroxylation is 2. The SMILES string of the molecule is CCn1c(SCC(=O)c2cc(C)ccc2C)nc2ccsc2c1=O. The van der Waals surface area contributed by atoms with Crippen molar-refractivity contribution in [2.75, 3.05) is 5.75 Å². The van der Waals surface area contributed by atoms with Gasteiger partial charge in [-0.3, -0.25) is 14.2 Å². The second-order valence-electron chi connectivity index (χ2n) is 5.61. The van der Waals surface area contributed by atoms with Gasteiger partial charge in [0.05, 0.1) is 11.3 Å². The van der Waals surface area contributed by atoms with Crippen LogP contribution in [0.2, 0.25) is 0 Å². The van der Waals surface area contributed by atoms with E-state index in [9.17, 15) is 9.59 Å². The molecule has 0 aliphatic carbocycles. The van der Waals surface area contributed by atoms with E-state index < -0.39 is 0 Å². The lowest BCUT2D eigenvalue weighted by molar-refractivity contribution is 0.102. The average Bonchev–Trinajstić information content (AvgIpc) is 3.03. The second-order valence-corrected chi connectivity index (χ2v) is 7.47. The number of carbonyl (C=O) groups excluding carboxylic acids is 1. The molecule has 0 aliphatic heterocycles. The Morgan fingerprint density at radius 3 is 2.83 bits per heavy atom. The summed E-state index contributed by atoms with van der Waals surface area (Å²) >= 11 is 2.73. The van der Waals surface area contributed by atoms with E-state index >= 15 is 0 Å².